The SMILES string of the molecule is CCCCCCCCCCN(CCCl)C1CCCCC1. The topological polar surface area (TPSA) is 3.24 Å². The Kier molecular flexibility index (Phi) is 11.8. The van der Waals surface area contributed by atoms with Gasteiger partial charge in [-0.15, -0.1) is 11.6 Å². The lowest BCUT2D eigenvalue weighted by atomic mass is 9.94. The Morgan fingerprint density at radius 1 is 0.800 bits per heavy atom. The molecule has 0 aromatic rings. The van der Waals surface area contributed by atoms with Crippen LogP contribution in [-0.4, -0.2) is 29.9 Å². The molecule has 0 aliphatic heterocycles. The summed E-state index contributed by atoms with van der Waals surface area (Å²) in [5.41, 5.74) is 0. The lowest BCUT2D eigenvalue weighted by Gasteiger charge is -2.34. The van der Waals surface area contributed by atoms with Gasteiger partial charge in [-0.2, -0.15) is 0 Å². The van der Waals surface area contributed by atoms with Crippen LogP contribution < -0.4 is 0 Å². The molecule has 2 heteroatoms. The van der Waals surface area contributed by atoms with Gasteiger partial charge in [0.25, 0.3) is 0 Å². The van der Waals surface area contributed by atoms with Gasteiger partial charge in [0.2, 0.25) is 0 Å². The molecular formula is C18H36ClN. The molecule has 0 radical (unpaired) electrons. The van der Waals surface area contributed by atoms with E-state index in [0.717, 1.165) is 18.5 Å². The number of hydrogen-bond donors (Lipinski definition) is 0. The fraction of sp³-hybridized carbons (Fsp3) is 1.00. The molecule has 0 aromatic heterocycles. The fourth-order valence-electron chi connectivity index (χ4n) is 3.48. The summed E-state index contributed by atoms with van der Waals surface area (Å²) < 4.78 is 0. The van der Waals surface area contributed by atoms with Crippen molar-refractivity contribution in [3.05, 3.63) is 0 Å². The van der Waals surface area contributed by atoms with Crippen LogP contribution in [0.4, 0.5) is 0 Å². The van der Waals surface area contributed by atoms with E-state index in [4.69, 9.17) is 11.6 Å². The van der Waals surface area contributed by atoms with Crippen molar-refractivity contribution in [3.63, 3.8) is 0 Å². The van der Waals surface area contributed by atoms with E-state index in [1.807, 2.05) is 0 Å². The summed E-state index contributed by atoms with van der Waals surface area (Å²) >= 11 is 5.98. The molecule has 20 heavy (non-hydrogen) atoms. The summed E-state index contributed by atoms with van der Waals surface area (Å²) in [5, 5.41) is 0. The quantitative estimate of drug-likeness (QED) is 0.315. The molecule has 0 spiro atoms. The molecule has 0 unspecified atom stereocenters. The summed E-state index contributed by atoms with van der Waals surface area (Å²) in [6, 6.07) is 0.840. The van der Waals surface area contributed by atoms with Crippen molar-refractivity contribution in [1.82, 2.24) is 4.90 Å². The Labute approximate surface area is 132 Å². The van der Waals surface area contributed by atoms with Gasteiger partial charge in [0.05, 0.1) is 0 Å². The summed E-state index contributed by atoms with van der Waals surface area (Å²) in [7, 11) is 0. The van der Waals surface area contributed by atoms with Crippen molar-refractivity contribution in [2.24, 2.45) is 0 Å². The molecule has 1 aliphatic rings. The molecule has 0 atom stereocenters. The lowest BCUT2D eigenvalue weighted by molar-refractivity contribution is 0.161. The Bertz CT molecular complexity index is 202. The maximum atomic E-state index is 5.98. The predicted molar refractivity (Wildman–Crippen MR) is 91.8 cm³/mol. The maximum Gasteiger partial charge on any atom is 0.0351 e. The lowest BCUT2D eigenvalue weighted by Crippen LogP contribution is -2.38. The third-order valence-corrected chi connectivity index (χ3v) is 4.93. The van der Waals surface area contributed by atoms with Crippen LogP contribution in [0.3, 0.4) is 0 Å². The van der Waals surface area contributed by atoms with Crippen molar-refractivity contribution in [3.8, 4) is 0 Å². The molecule has 0 saturated heterocycles. The largest absolute Gasteiger partial charge is 0.299 e. The van der Waals surface area contributed by atoms with E-state index in [1.165, 1.54) is 90.0 Å². The van der Waals surface area contributed by atoms with Crippen LogP contribution in [0.15, 0.2) is 0 Å². The summed E-state index contributed by atoms with van der Waals surface area (Å²) in [4.78, 5) is 2.68. The second-order valence-electron chi connectivity index (χ2n) is 6.49. The smallest absolute Gasteiger partial charge is 0.0351 e. The first-order chi connectivity index (χ1) is 9.88. The minimum absolute atomic E-state index is 0.799. The highest BCUT2D eigenvalue weighted by atomic mass is 35.5. The molecule has 1 nitrogen and oxygen atoms in total. The van der Waals surface area contributed by atoms with Crippen molar-refractivity contribution >= 4 is 11.6 Å². The van der Waals surface area contributed by atoms with Crippen LogP contribution >= 0.6 is 11.6 Å². The minimum atomic E-state index is 0.799. The number of hydrogen-bond acceptors (Lipinski definition) is 1. The van der Waals surface area contributed by atoms with Crippen molar-refractivity contribution in [2.45, 2.75) is 96.4 Å². The highest BCUT2D eigenvalue weighted by Crippen LogP contribution is 2.23. The zero-order chi connectivity index (χ0) is 14.5. The normalized spacial score (nSPS) is 16.9. The van der Waals surface area contributed by atoms with Gasteiger partial charge < -0.3 is 0 Å². The van der Waals surface area contributed by atoms with Gasteiger partial charge in [-0.3, -0.25) is 4.90 Å². The number of nitrogens with zero attached hydrogens (tertiary/aromatic N) is 1. The average molecular weight is 302 g/mol. The molecule has 1 rings (SSSR count). The minimum Gasteiger partial charge on any atom is -0.299 e. The fourth-order valence-corrected chi connectivity index (χ4v) is 3.70. The average Bonchev–Trinajstić information content (AvgIpc) is 2.50. The molecule has 0 aromatic carbocycles. The van der Waals surface area contributed by atoms with E-state index in [-0.39, 0.29) is 0 Å². The van der Waals surface area contributed by atoms with Gasteiger partial charge in [-0.25, -0.2) is 0 Å². The number of rotatable bonds is 12. The van der Waals surface area contributed by atoms with Crippen molar-refractivity contribution in [1.29, 1.82) is 0 Å². The van der Waals surface area contributed by atoms with Gasteiger partial charge in [0.1, 0.15) is 0 Å². The Balaban J connectivity index is 2.03. The third kappa shape index (κ3) is 8.52. The molecule has 0 amide bonds. The summed E-state index contributed by atoms with van der Waals surface area (Å²) in [5.74, 6) is 0.799. The molecule has 1 fully saturated rings. The standard InChI is InChI=1S/C18H36ClN/c1-2-3-4-5-6-7-8-12-16-20(17-15-19)18-13-10-9-11-14-18/h18H,2-17H2,1H3. The van der Waals surface area contributed by atoms with Crippen LogP contribution in [0.25, 0.3) is 0 Å². The van der Waals surface area contributed by atoms with Gasteiger partial charge in [-0.05, 0) is 25.8 Å². The molecule has 1 aliphatic carbocycles. The molecule has 1 saturated carbocycles. The number of unbranched alkanes of at least 4 members (excludes halogenated alkanes) is 7. The molecule has 120 valence electrons. The van der Waals surface area contributed by atoms with Gasteiger partial charge in [0.15, 0.2) is 0 Å². The first kappa shape index (κ1) is 18.3. The Morgan fingerprint density at radius 3 is 2.00 bits per heavy atom. The molecular weight excluding hydrogens is 266 g/mol. The van der Waals surface area contributed by atoms with Crippen LogP contribution in [0, 0.1) is 0 Å². The van der Waals surface area contributed by atoms with E-state index >= 15 is 0 Å². The number of alkyl halides is 1. The molecule has 0 heterocycles. The van der Waals surface area contributed by atoms with Crippen molar-refractivity contribution < 1.29 is 0 Å². The van der Waals surface area contributed by atoms with E-state index in [2.05, 4.69) is 11.8 Å². The van der Waals surface area contributed by atoms with E-state index < -0.39 is 0 Å². The second kappa shape index (κ2) is 13.0. The van der Waals surface area contributed by atoms with E-state index in [9.17, 15) is 0 Å². The second-order valence-corrected chi connectivity index (χ2v) is 6.87. The molecule has 0 N–H and O–H groups in total. The number of halogens is 1. The van der Waals surface area contributed by atoms with Crippen LogP contribution in [0.1, 0.15) is 90.4 Å². The highest BCUT2D eigenvalue weighted by molar-refractivity contribution is 6.18. The first-order valence-electron chi connectivity index (χ1n) is 9.18. The van der Waals surface area contributed by atoms with Gasteiger partial charge in [0, 0.05) is 18.5 Å². The summed E-state index contributed by atoms with van der Waals surface area (Å²) in [6.07, 6.45) is 18.5. The maximum absolute atomic E-state index is 5.98. The van der Waals surface area contributed by atoms with Crippen LogP contribution in [0.5, 0.6) is 0 Å². The zero-order valence-electron chi connectivity index (χ0n) is 13.7. The van der Waals surface area contributed by atoms with E-state index in [1.54, 1.807) is 0 Å². The summed E-state index contributed by atoms with van der Waals surface area (Å²) in [6.45, 7) is 4.67. The Hall–Kier alpha value is 0.250. The third-order valence-electron chi connectivity index (χ3n) is 4.76. The predicted octanol–water partition coefficient (Wildman–Crippen LogP) is 6.00. The molecule has 0 bridgehead atoms. The van der Waals surface area contributed by atoms with E-state index in [0.29, 0.717) is 0 Å². The van der Waals surface area contributed by atoms with Gasteiger partial charge >= 0.3 is 0 Å². The van der Waals surface area contributed by atoms with Crippen LogP contribution in [0.2, 0.25) is 0 Å². The van der Waals surface area contributed by atoms with Gasteiger partial charge in [-0.1, -0.05) is 71.1 Å². The zero-order valence-corrected chi connectivity index (χ0v) is 14.5. The van der Waals surface area contributed by atoms with Crippen LogP contribution in [-0.2, 0) is 0 Å². The monoisotopic (exact) mass is 301 g/mol. The first-order valence-corrected chi connectivity index (χ1v) is 9.72. The Morgan fingerprint density at radius 2 is 1.40 bits per heavy atom. The van der Waals surface area contributed by atoms with Crippen molar-refractivity contribution in [2.75, 3.05) is 19.0 Å². The highest BCUT2D eigenvalue weighted by Gasteiger charge is 2.19.